The van der Waals surface area contributed by atoms with Crippen molar-refractivity contribution in [2.75, 3.05) is 49.1 Å². The van der Waals surface area contributed by atoms with Crippen LogP contribution >= 0.6 is 11.6 Å². The first-order valence-corrected chi connectivity index (χ1v) is 15.4. The van der Waals surface area contributed by atoms with Crippen LogP contribution in [0.15, 0.2) is 62.9 Å². The van der Waals surface area contributed by atoms with Gasteiger partial charge in [-0.2, -0.15) is 4.98 Å². The molecule has 13 heteroatoms. The van der Waals surface area contributed by atoms with Gasteiger partial charge in [0.25, 0.3) is 11.1 Å². The lowest BCUT2D eigenvalue weighted by atomic mass is 9.93. The highest BCUT2D eigenvalue weighted by molar-refractivity contribution is 6.31. The predicted octanol–water partition coefficient (Wildman–Crippen LogP) is 2.69. The van der Waals surface area contributed by atoms with Crippen LogP contribution in [0.4, 0.5) is 11.6 Å². The first-order valence-electron chi connectivity index (χ1n) is 15.1. The maximum absolute atomic E-state index is 13.8. The number of pyridine rings is 1. The van der Waals surface area contributed by atoms with E-state index in [1.54, 1.807) is 13.1 Å². The van der Waals surface area contributed by atoms with E-state index in [-0.39, 0.29) is 22.9 Å². The molecular weight excluding hydrogens is 596 g/mol. The molecule has 12 nitrogen and oxygen atoms in total. The molecule has 0 radical (unpaired) electrons. The van der Waals surface area contributed by atoms with Gasteiger partial charge >= 0.3 is 5.69 Å². The van der Waals surface area contributed by atoms with Crippen molar-refractivity contribution in [3.05, 3.63) is 84.7 Å². The fourth-order valence-corrected chi connectivity index (χ4v) is 6.87. The molecule has 1 unspecified atom stereocenters. The Kier molecular flexibility index (Phi) is 7.23. The van der Waals surface area contributed by atoms with E-state index in [0.29, 0.717) is 67.1 Å². The predicted molar refractivity (Wildman–Crippen MR) is 175 cm³/mol. The van der Waals surface area contributed by atoms with Gasteiger partial charge in [-0.25, -0.2) is 4.79 Å². The number of piperazine rings is 1. The molecule has 7 rings (SSSR count). The number of hydrogen-bond donors (Lipinski definition) is 2. The number of amides is 1. The third-order valence-corrected chi connectivity index (χ3v) is 9.31. The van der Waals surface area contributed by atoms with Gasteiger partial charge in [-0.1, -0.05) is 41.9 Å². The minimum atomic E-state index is -0.437. The van der Waals surface area contributed by atoms with E-state index in [1.807, 2.05) is 52.3 Å². The summed E-state index contributed by atoms with van der Waals surface area (Å²) in [5.74, 6) is 0.317. The molecule has 5 heterocycles. The summed E-state index contributed by atoms with van der Waals surface area (Å²) in [6.07, 6.45) is 1.53. The Morgan fingerprint density at radius 3 is 2.42 bits per heavy atom. The van der Waals surface area contributed by atoms with Gasteiger partial charge in [0.1, 0.15) is 5.69 Å². The molecule has 2 aromatic carbocycles. The van der Waals surface area contributed by atoms with E-state index >= 15 is 0 Å². The van der Waals surface area contributed by atoms with Crippen molar-refractivity contribution in [1.82, 2.24) is 29.0 Å². The molecule has 2 aliphatic heterocycles. The van der Waals surface area contributed by atoms with Crippen LogP contribution in [-0.4, -0.2) is 74.2 Å². The van der Waals surface area contributed by atoms with Gasteiger partial charge in [0.2, 0.25) is 11.9 Å². The molecule has 0 spiro atoms. The number of carbonyl (C=O) groups is 1. The lowest BCUT2D eigenvalue weighted by Gasteiger charge is -2.39. The Morgan fingerprint density at radius 2 is 1.67 bits per heavy atom. The molecule has 1 amide bonds. The van der Waals surface area contributed by atoms with E-state index < -0.39 is 11.2 Å². The highest BCUT2D eigenvalue weighted by Gasteiger charge is 2.33. The highest BCUT2D eigenvalue weighted by atomic mass is 35.5. The van der Waals surface area contributed by atoms with Crippen LogP contribution in [0.2, 0.25) is 5.02 Å². The largest absolute Gasteiger partial charge is 0.366 e. The number of imidazole rings is 1. The van der Waals surface area contributed by atoms with Crippen LogP contribution in [0.1, 0.15) is 12.8 Å². The third-order valence-electron chi connectivity index (χ3n) is 9.07. The van der Waals surface area contributed by atoms with Gasteiger partial charge in [0, 0.05) is 74.9 Å². The molecule has 3 aromatic heterocycles. The first kappa shape index (κ1) is 28.9. The lowest BCUT2D eigenvalue weighted by Crippen LogP contribution is -2.53. The number of fused-ring (bicyclic) bond motifs is 2. The van der Waals surface area contributed by atoms with Gasteiger partial charge < -0.3 is 24.7 Å². The number of aryl methyl sites for hydroxylation is 1. The third kappa shape index (κ3) is 4.98. The molecule has 0 saturated carbocycles. The maximum atomic E-state index is 13.8. The molecule has 45 heavy (non-hydrogen) atoms. The maximum Gasteiger partial charge on any atom is 0.332 e. The summed E-state index contributed by atoms with van der Waals surface area (Å²) in [4.78, 5) is 69.0. The molecule has 2 saturated heterocycles. The van der Waals surface area contributed by atoms with E-state index in [1.165, 1.54) is 11.6 Å². The van der Waals surface area contributed by atoms with Crippen molar-refractivity contribution in [2.24, 2.45) is 20.0 Å². The molecule has 232 valence electrons. The average Bonchev–Trinajstić information content (AvgIpc) is 3.52. The Labute approximate surface area is 262 Å². The normalized spacial score (nSPS) is 17.4. The fraction of sp³-hybridized carbons (Fsp3) is 0.344. The quantitative estimate of drug-likeness (QED) is 0.313. The average molecular weight is 629 g/mol. The number of halogens is 1. The van der Waals surface area contributed by atoms with Gasteiger partial charge in [-0.05, 0) is 36.6 Å². The van der Waals surface area contributed by atoms with E-state index in [4.69, 9.17) is 11.6 Å². The van der Waals surface area contributed by atoms with Crippen molar-refractivity contribution in [3.63, 3.8) is 0 Å². The van der Waals surface area contributed by atoms with Crippen molar-refractivity contribution in [2.45, 2.75) is 12.8 Å². The zero-order valence-electron chi connectivity index (χ0n) is 25.0. The zero-order chi connectivity index (χ0) is 31.4. The molecule has 0 aliphatic carbocycles. The number of nitrogens with zero attached hydrogens (tertiary/aromatic N) is 6. The molecule has 1 atom stereocenters. The smallest absolute Gasteiger partial charge is 0.332 e. The van der Waals surface area contributed by atoms with Gasteiger partial charge in [-0.3, -0.25) is 23.5 Å². The summed E-state index contributed by atoms with van der Waals surface area (Å²) in [5.41, 5.74) is 2.53. The second-order valence-corrected chi connectivity index (χ2v) is 12.2. The number of benzene rings is 2. The van der Waals surface area contributed by atoms with Crippen molar-refractivity contribution in [1.29, 1.82) is 0 Å². The topological polar surface area (TPSA) is 132 Å². The summed E-state index contributed by atoms with van der Waals surface area (Å²) in [7, 11) is 3.03. The van der Waals surface area contributed by atoms with Crippen LogP contribution < -0.4 is 26.6 Å². The molecule has 0 bridgehead atoms. The summed E-state index contributed by atoms with van der Waals surface area (Å²) in [5, 5.41) is 1.44. The number of anilines is 2. The minimum absolute atomic E-state index is 0.0711. The number of nitrogens with one attached hydrogen (secondary N) is 2. The number of hydrogen-bond acceptors (Lipinski definition) is 7. The van der Waals surface area contributed by atoms with E-state index in [0.717, 1.165) is 33.9 Å². The summed E-state index contributed by atoms with van der Waals surface area (Å²) in [6, 6.07) is 15.3. The fourth-order valence-electron chi connectivity index (χ4n) is 6.70. The van der Waals surface area contributed by atoms with Crippen molar-refractivity contribution >= 4 is 51.2 Å². The summed E-state index contributed by atoms with van der Waals surface area (Å²) in [6.45, 7) is 3.15. The summed E-state index contributed by atoms with van der Waals surface area (Å²) >= 11 is 6.41. The molecular formula is C32H33ClN8O4. The summed E-state index contributed by atoms with van der Waals surface area (Å²) < 4.78 is 2.40. The van der Waals surface area contributed by atoms with E-state index in [2.05, 4.69) is 19.9 Å². The number of carbonyl (C=O) groups excluding carboxylic acids is 1. The Hall–Kier alpha value is -4.84. The standard InChI is InChI=1S/C32H33ClN8O4/c1-37-27-25(30(44)38(2)32(37)45)35-31(36-27)40-15-13-39(14-16-40)29(43)20-9-6-12-41(18-20)26-24(19-7-4-3-5-8-19)22-17-21(33)10-11-23(22)34-28(26)42/h3-5,7-8,10-11,17,20H,6,9,12-16,18H2,1-2H3,(H,34,42)(H,35,36). The van der Waals surface area contributed by atoms with E-state index in [9.17, 15) is 19.2 Å². The van der Waals surface area contributed by atoms with Gasteiger partial charge in [0.05, 0.1) is 5.92 Å². The zero-order valence-corrected chi connectivity index (χ0v) is 25.8. The van der Waals surface area contributed by atoms with Crippen LogP contribution in [0.5, 0.6) is 0 Å². The second kappa shape index (κ2) is 11.3. The number of H-pyrrole nitrogens is 2. The van der Waals surface area contributed by atoms with Crippen LogP contribution in [-0.2, 0) is 18.9 Å². The Bertz CT molecular complexity index is 2130. The van der Waals surface area contributed by atoms with Crippen molar-refractivity contribution in [3.8, 4) is 11.1 Å². The number of aromatic nitrogens is 5. The molecule has 2 N–H and O–H groups in total. The number of aromatic amines is 2. The Morgan fingerprint density at radius 1 is 0.911 bits per heavy atom. The Balaban J connectivity index is 1.12. The molecule has 5 aromatic rings. The SMILES string of the molecule is Cn1c(=O)c2[nH]c(N3CCN(C(=O)C4CCCN(c5c(-c6ccccc6)c6cc(Cl)ccc6[nH]c5=O)C4)CC3)nc2n(C)c1=O. The molecule has 2 aliphatic rings. The van der Waals surface area contributed by atoms with Crippen LogP contribution in [0, 0.1) is 5.92 Å². The van der Waals surface area contributed by atoms with Gasteiger partial charge in [0.15, 0.2) is 11.2 Å². The number of rotatable bonds is 4. The monoisotopic (exact) mass is 628 g/mol. The number of piperidine rings is 1. The highest BCUT2D eigenvalue weighted by Crippen LogP contribution is 2.37. The van der Waals surface area contributed by atoms with Crippen molar-refractivity contribution < 1.29 is 4.79 Å². The second-order valence-electron chi connectivity index (χ2n) is 11.8. The first-order chi connectivity index (χ1) is 21.7. The molecule has 2 fully saturated rings. The van der Waals surface area contributed by atoms with Crippen LogP contribution in [0.25, 0.3) is 33.2 Å². The lowest BCUT2D eigenvalue weighted by molar-refractivity contribution is -0.136. The van der Waals surface area contributed by atoms with Crippen LogP contribution in [0.3, 0.4) is 0 Å². The minimum Gasteiger partial charge on any atom is -0.366 e. The van der Waals surface area contributed by atoms with Gasteiger partial charge in [-0.15, -0.1) is 0 Å².